The number of carbonyl (C=O) groups excluding carboxylic acids is 3. The monoisotopic (exact) mass is 476 g/mol. The molecule has 2 aromatic carbocycles. The van der Waals surface area contributed by atoms with Crippen LogP contribution in [-0.4, -0.2) is 65.9 Å². The normalized spacial score (nSPS) is 17.3. The van der Waals surface area contributed by atoms with Crippen LogP contribution in [0.3, 0.4) is 0 Å². The molecular formula is C28H36N4O3. The van der Waals surface area contributed by atoms with Crippen molar-refractivity contribution in [1.82, 2.24) is 15.1 Å². The van der Waals surface area contributed by atoms with E-state index in [1.165, 1.54) is 0 Å². The molecule has 4 rings (SSSR count). The lowest BCUT2D eigenvalue weighted by Crippen LogP contribution is -2.57. The number of rotatable bonds is 8. The molecule has 3 amide bonds. The van der Waals surface area contributed by atoms with Gasteiger partial charge in [-0.25, -0.2) is 0 Å². The van der Waals surface area contributed by atoms with Crippen LogP contribution in [0.4, 0.5) is 5.69 Å². The molecule has 2 aliphatic heterocycles. The van der Waals surface area contributed by atoms with Gasteiger partial charge < -0.3 is 20.0 Å². The molecule has 0 radical (unpaired) electrons. The summed E-state index contributed by atoms with van der Waals surface area (Å²) >= 11 is 0. The van der Waals surface area contributed by atoms with E-state index in [-0.39, 0.29) is 24.3 Å². The largest absolute Gasteiger partial charge is 0.354 e. The van der Waals surface area contributed by atoms with Crippen LogP contribution >= 0.6 is 0 Å². The second kappa shape index (κ2) is 10.9. The Morgan fingerprint density at radius 2 is 1.60 bits per heavy atom. The number of hydrogen-bond acceptors (Lipinski definition) is 4. The number of nitrogens with one attached hydrogen (secondary N) is 1. The van der Waals surface area contributed by atoms with Crippen LogP contribution in [0.1, 0.15) is 38.7 Å². The number of likely N-dealkylation sites (tertiary alicyclic amines) is 1. The fourth-order valence-electron chi connectivity index (χ4n) is 5.15. The van der Waals surface area contributed by atoms with Crippen LogP contribution in [0, 0.1) is 5.92 Å². The minimum atomic E-state index is -0.722. The van der Waals surface area contributed by atoms with Crippen molar-refractivity contribution in [3.05, 3.63) is 66.2 Å². The van der Waals surface area contributed by atoms with E-state index in [4.69, 9.17) is 0 Å². The van der Waals surface area contributed by atoms with E-state index in [0.717, 1.165) is 17.7 Å². The van der Waals surface area contributed by atoms with Crippen molar-refractivity contribution >= 4 is 23.4 Å². The number of anilines is 1. The van der Waals surface area contributed by atoms with E-state index >= 15 is 0 Å². The number of benzene rings is 2. The predicted octanol–water partition coefficient (Wildman–Crippen LogP) is 3.06. The van der Waals surface area contributed by atoms with Gasteiger partial charge in [0.05, 0.1) is 6.67 Å². The summed E-state index contributed by atoms with van der Waals surface area (Å²) in [6.07, 6.45) is 2.41. The van der Waals surface area contributed by atoms with Crippen molar-refractivity contribution in [3.8, 4) is 0 Å². The van der Waals surface area contributed by atoms with Crippen molar-refractivity contribution in [3.63, 3.8) is 0 Å². The number of para-hydroxylation sites is 1. The SMILES string of the molecule is CC(C)CC(=O)N1CCC2(CC1)C(=O)N(CC(=O)NCCc1ccccc1)CN2c1ccccc1. The van der Waals surface area contributed by atoms with Gasteiger partial charge in [-0.2, -0.15) is 0 Å². The Hall–Kier alpha value is -3.35. The Morgan fingerprint density at radius 3 is 2.23 bits per heavy atom. The highest BCUT2D eigenvalue weighted by Gasteiger charge is 2.54. The van der Waals surface area contributed by atoms with Crippen LogP contribution in [0.15, 0.2) is 60.7 Å². The number of hydrogen-bond donors (Lipinski definition) is 1. The number of amides is 3. The van der Waals surface area contributed by atoms with E-state index in [0.29, 0.717) is 51.5 Å². The highest BCUT2D eigenvalue weighted by Crippen LogP contribution is 2.39. The molecule has 186 valence electrons. The predicted molar refractivity (Wildman–Crippen MR) is 137 cm³/mol. The van der Waals surface area contributed by atoms with Gasteiger partial charge in [-0.15, -0.1) is 0 Å². The first-order valence-electron chi connectivity index (χ1n) is 12.6. The smallest absolute Gasteiger partial charge is 0.250 e. The maximum Gasteiger partial charge on any atom is 0.250 e. The molecule has 0 unspecified atom stereocenters. The van der Waals surface area contributed by atoms with Crippen molar-refractivity contribution in [2.45, 2.75) is 45.1 Å². The van der Waals surface area contributed by atoms with Crippen LogP contribution in [-0.2, 0) is 20.8 Å². The fourth-order valence-corrected chi connectivity index (χ4v) is 5.15. The molecule has 1 N–H and O–H groups in total. The molecule has 7 heteroatoms. The zero-order chi connectivity index (χ0) is 24.8. The molecule has 2 aromatic rings. The molecule has 7 nitrogen and oxygen atoms in total. The van der Waals surface area contributed by atoms with Gasteiger partial charge in [-0.1, -0.05) is 62.4 Å². The third-order valence-corrected chi connectivity index (χ3v) is 7.02. The average molecular weight is 477 g/mol. The molecule has 2 heterocycles. The Morgan fingerprint density at radius 1 is 0.971 bits per heavy atom. The molecular weight excluding hydrogens is 440 g/mol. The minimum Gasteiger partial charge on any atom is -0.354 e. The molecule has 1 spiro atoms. The van der Waals surface area contributed by atoms with E-state index in [1.54, 1.807) is 4.90 Å². The molecule has 2 saturated heterocycles. The summed E-state index contributed by atoms with van der Waals surface area (Å²) in [4.78, 5) is 44.8. The Labute approximate surface area is 208 Å². The number of carbonyl (C=O) groups is 3. The lowest BCUT2D eigenvalue weighted by Gasteiger charge is -2.43. The first-order chi connectivity index (χ1) is 16.9. The lowest BCUT2D eigenvalue weighted by atomic mass is 9.85. The van der Waals surface area contributed by atoms with Gasteiger partial charge >= 0.3 is 0 Å². The molecule has 35 heavy (non-hydrogen) atoms. The molecule has 0 bridgehead atoms. The summed E-state index contributed by atoms with van der Waals surface area (Å²) < 4.78 is 0. The first-order valence-corrected chi connectivity index (χ1v) is 12.6. The van der Waals surface area contributed by atoms with Crippen LogP contribution < -0.4 is 10.2 Å². The van der Waals surface area contributed by atoms with Gasteiger partial charge in [0.2, 0.25) is 11.8 Å². The Kier molecular flexibility index (Phi) is 7.73. The van der Waals surface area contributed by atoms with Gasteiger partial charge in [0.15, 0.2) is 0 Å². The van der Waals surface area contributed by atoms with Crippen LogP contribution in [0.5, 0.6) is 0 Å². The van der Waals surface area contributed by atoms with Gasteiger partial charge in [-0.3, -0.25) is 14.4 Å². The quantitative estimate of drug-likeness (QED) is 0.636. The Balaban J connectivity index is 1.42. The number of piperidine rings is 1. The minimum absolute atomic E-state index is 0.0180. The van der Waals surface area contributed by atoms with E-state index in [1.807, 2.05) is 79.4 Å². The van der Waals surface area contributed by atoms with Crippen LogP contribution in [0.2, 0.25) is 0 Å². The third-order valence-electron chi connectivity index (χ3n) is 7.02. The summed E-state index contributed by atoms with van der Waals surface area (Å²) in [7, 11) is 0. The fraction of sp³-hybridized carbons (Fsp3) is 0.464. The molecule has 0 aliphatic carbocycles. The molecule has 2 aliphatic rings. The van der Waals surface area contributed by atoms with Gasteiger partial charge in [0.1, 0.15) is 12.1 Å². The average Bonchev–Trinajstić information content (AvgIpc) is 3.11. The topological polar surface area (TPSA) is 73.0 Å². The second-order valence-electron chi connectivity index (χ2n) is 10.0. The molecule has 0 saturated carbocycles. The van der Waals surface area contributed by atoms with Gasteiger partial charge in [-0.05, 0) is 42.9 Å². The van der Waals surface area contributed by atoms with Crippen molar-refractivity contribution in [1.29, 1.82) is 0 Å². The zero-order valence-corrected chi connectivity index (χ0v) is 20.8. The van der Waals surface area contributed by atoms with E-state index in [9.17, 15) is 14.4 Å². The highest BCUT2D eigenvalue weighted by atomic mass is 16.2. The van der Waals surface area contributed by atoms with Gasteiger partial charge in [0.25, 0.3) is 5.91 Å². The summed E-state index contributed by atoms with van der Waals surface area (Å²) in [6.45, 7) is 6.14. The van der Waals surface area contributed by atoms with Crippen molar-refractivity contribution < 1.29 is 14.4 Å². The molecule has 0 aromatic heterocycles. The maximum absolute atomic E-state index is 13.8. The first kappa shape index (κ1) is 24.8. The zero-order valence-electron chi connectivity index (χ0n) is 20.8. The third kappa shape index (κ3) is 5.66. The summed E-state index contributed by atoms with van der Waals surface area (Å²) in [5.41, 5.74) is 1.41. The van der Waals surface area contributed by atoms with Crippen LogP contribution in [0.25, 0.3) is 0 Å². The van der Waals surface area contributed by atoms with E-state index < -0.39 is 5.54 Å². The Bertz CT molecular complexity index is 1020. The lowest BCUT2D eigenvalue weighted by molar-refractivity contribution is -0.140. The standard InChI is InChI=1S/C28H36N4O3/c1-22(2)19-26(34)30-17-14-28(15-18-30)27(35)31(21-32(28)24-11-7-4-8-12-24)20-25(33)29-16-13-23-9-5-3-6-10-23/h3-12,22H,13-21H2,1-2H3,(H,29,33). The number of nitrogens with zero attached hydrogens (tertiary/aromatic N) is 3. The van der Waals surface area contributed by atoms with Crippen molar-refractivity contribution in [2.24, 2.45) is 5.92 Å². The van der Waals surface area contributed by atoms with Gasteiger partial charge in [0, 0.05) is 31.7 Å². The molecule has 0 atom stereocenters. The summed E-state index contributed by atoms with van der Waals surface area (Å²) in [5.74, 6) is 0.295. The van der Waals surface area contributed by atoms with E-state index in [2.05, 4.69) is 10.2 Å². The maximum atomic E-state index is 13.8. The second-order valence-corrected chi connectivity index (χ2v) is 10.0. The molecule has 2 fully saturated rings. The summed E-state index contributed by atoms with van der Waals surface area (Å²) in [5, 5.41) is 2.96. The summed E-state index contributed by atoms with van der Waals surface area (Å²) in [6, 6.07) is 19.9. The van der Waals surface area contributed by atoms with Crippen molar-refractivity contribution in [2.75, 3.05) is 37.7 Å². The highest BCUT2D eigenvalue weighted by molar-refractivity contribution is 5.96.